The zero-order valence-corrected chi connectivity index (χ0v) is 16.4. The minimum Gasteiger partial charge on any atom is -0.494 e. The van der Waals surface area contributed by atoms with Gasteiger partial charge in [-0.25, -0.2) is 4.68 Å². The lowest BCUT2D eigenvalue weighted by molar-refractivity contribution is -0.118. The van der Waals surface area contributed by atoms with E-state index in [4.69, 9.17) is 9.47 Å². The van der Waals surface area contributed by atoms with E-state index in [0.717, 1.165) is 11.3 Å². The van der Waals surface area contributed by atoms with E-state index in [2.05, 4.69) is 20.7 Å². The van der Waals surface area contributed by atoms with E-state index in [1.165, 1.54) is 6.33 Å². The summed E-state index contributed by atoms with van der Waals surface area (Å²) in [6.45, 7) is 2.36. The molecule has 154 valence electrons. The van der Waals surface area contributed by atoms with E-state index < -0.39 is 0 Å². The number of rotatable bonds is 7. The Balaban J connectivity index is 1.38. The van der Waals surface area contributed by atoms with Crippen molar-refractivity contribution < 1.29 is 19.1 Å². The van der Waals surface area contributed by atoms with E-state index in [1.54, 1.807) is 41.1 Å². The van der Waals surface area contributed by atoms with Gasteiger partial charge >= 0.3 is 0 Å². The van der Waals surface area contributed by atoms with Gasteiger partial charge in [0.15, 0.2) is 6.61 Å². The third kappa shape index (κ3) is 4.40. The Hall–Kier alpha value is -3.88. The number of carbonyl (C=O) groups is 2. The van der Waals surface area contributed by atoms with Crippen LogP contribution in [-0.4, -0.2) is 39.8 Å². The SMILES string of the molecule is CCOc1ccc(NC(=O)COc2cccc([C@@H]3CC(=O)Nc4ncnn43)c2)cc1. The Morgan fingerprint density at radius 3 is 2.83 bits per heavy atom. The summed E-state index contributed by atoms with van der Waals surface area (Å²) >= 11 is 0. The lowest BCUT2D eigenvalue weighted by Gasteiger charge is -2.24. The van der Waals surface area contributed by atoms with E-state index in [1.807, 2.05) is 19.1 Å². The minimum atomic E-state index is -0.280. The summed E-state index contributed by atoms with van der Waals surface area (Å²) in [6, 6.07) is 14.1. The van der Waals surface area contributed by atoms with Gasteiger partial charge in [-0.3, -0.25) is 14.9 Å². The van der Waals surface area contributed by atoms with Crippen molar-refractivity contribution in [2.75, 3.05) is 23.8 Å². The van der Waals surface area contributed by atoms with Gasteiger partial charge in [0.25, 0.3) is 5.91 Å². The third-order valence-corrected chi connectivity index (χ3v) is 4.56. The number of anilines is 2. The molecule has 2 amide bonds. The molecular weight excluding hydrogens is 386 g/mol. The summed E-state index contributed by atoms with van der Waals surface area (Å²) in [4.78, 5) is 28.2. The van der Waals surface area contributed by atoms with Crippen molar-refractivity contribution in [3.8, 4) is 11.5 Å². The Morgan fingerprint density at radius 1 is 1.20 bits per heavy atom. The maximum Gasteiger partial charge on any atom is 0.262 e. The summed E-state index contributed by atoms with van der Waals surface area (Å²) in [5.41, 5.74) is 1.51. The molecule has 1 aliphatic heterocycles. The lowest BCUT2D eigenvalue weighted by atomic mass is 10.0. The van der Waals surface area contributed by atoms with Gasteiger partial charge in [0.05, 0.1) is 19.1 Å². The third-order valence-electron chi connectivity index (χ3n) is 4.56. The monoisotopic (exact) mass is 407 g/mol. The normalized spacial score (nSPS) is 15.1. The molecule has 9 nitrogen and oxygen atoms in total. The highest BCUT2D eigenvalue weighted by atomic mass is 16.5. The largest absolute Gasteiger partial charge is 0.494 e. The highest BCUT2D eigenvalue weighted by Crippen LogP contribution is 2.30. The van der Waals surface area contributed by atoms with Crippen molar-refractivity contribution in [1.29, 1.82) is 0 Å². The van der Waals surface area contributed by atoms with Crippen molar-refractivity contribution in [1.82, 2.24) is 14.8 Å². The molecule has 0 saturated carbocycles. The first-order valence-corrected chi connectivity index (χ1v) is 9.57. The van der Waals surface area contributed by atoms with Crippen molar-refractivity contribution in [3.63, 3.8) is 0 Å². The summed E-state index contributed by atoms with van der Waals surface area (Å²) in [5, 5.41) is 9.66. The quantitative estimate of drug-likeness (QED) is 0.623. The van der Waals surface area contributed by atoms with E-state index in [9.17, 15) is 9.59 Å². The van der Waals surface area contributed by atoms with Crippen molar-refractivity contribution in [3.05, 3.63) is 60.4 Å². The van der Waals surface area contributed by atoms with Crippen LogP contribution in [0.2, 0.25) is 0 Å². The average molecular weight is 407 g/mol. The van der Waals surface area contributed by atoms with E-state index in [0.29, 0.717) is 24.0 Å². The second-order valence-electron chi connectivity index (χ2n) is 6.66. The summed E-state index contributed by atoms with van der Waals surface area (Å²) in [6.07, 6.45) is 1.65. The summed E-state index contributed by atoms with van der Waals surface area (Å²) in [5.74, 6) is 1.29. The van der Waals surface area contributed by atoms with Crippen molar-refractivity contribution in [2.45, 2.75) is 19.4 Å². The van der Waals surface area contributed by atoms with Gasteiger partial charge in [0.2, 0.25) is 11.9 Å². The van der Waals surface area contributed by atoms with E-state index in [-0.39, 0.29) is 30.9 Å². The first kappa shape index (κ1) is 19.4. The van der Waals surface area contributed by atoms with E-state index >= 15 is 0 Å². The second-order valence-corrected chi connectivity index (χ2v) is 6.66. The zero-order chi connectivity index (χ0) is 20.9. The Morgan fingerprint density at radius 2 is 2.03 bits per heavy atom. The second kappa shape index (κ2) is 8.64. The number of aromatic nitrogens is 3. The van der Waals surface area contributed by atoms with Crippen LogP contribution in [0.25, 0.3) is 0 Å². The zero-order valence-electron chi connectivity index (χ0n) is 16.4. The molecule has 1 aromatic heterocycles. The number of ether oxygens (including phenoxy) is 2. The molecule has 0 saturated heterocycles. The number of hydrogen-bond donors (Lipinski definition) is 2. The summed E-state index contributed by atoms with van der Waals surface area (Å²) < 4.78 is 12.7. The fourth-order valence-electron chi connectivity index (χ4n) is 3.22. The standard InChI is InChI=1S/C21H21N5O4/c1-2-29-16-8-6-15(7-9-16)24-20(28)12-30-17-5-3-4-14(10-17)18-11-19(27)25-21-22-13-23-26(18)21/h3-10,13,18H,2,11-12H2,1H3,(H,24,28)(H,22,23,25,27)/t18-/m0/s1. The number of nitrogens with zero attached hydrogens (tertiary/aromatic N) is 3. The fraction of sp³-hybridized carbons (Fsp3) is 0.238. The van der Waals surface area contributed by atoms with Crippen LogP contribution in [0.1, 0.15) is 24.9 Å². The van der Waals surface area contributed by atoms with Crippen LogP contribution in [0.15, 0.2) is 54.9 Å². The smallest absolute Gasteiger partial charge is 0.262 e. The number of amides is 2. The van der Waals surface area contributed by atoms with Gasteiger partial charge in [-0.2, -0.15) is 10.1 Å². The van der Waals surface area contributed by atoms with Crippen LogP contribution in [0.5, 0.6) is 11.5 Å². The molecule has 0 bridgehead atoms. The molecule has 0 fully saturated rings. The molecule has 3 aromatic rings. The molecular formula is C21H21N5O4. The highest BCUT2D eigenvalue weighted by molar-refractivity contribution is 5.92. The van der Waals surface area contributed by atoms with Gasteiger partial charge in [-0.15, -0.1) is 0 Å². The Kier molecular flexibility index (Phi) is 5.60. The molecule has 0 aliphatic carbocycles. The predicted molar refractivity (Wildman–Crippen MR) is 110 cm³/mol. The van der Waals surface area contributed by atoms with Gasteiger partial charge in [-0.05, 0) is 48.9 Å². The molecule has 2 heterocycles. The molecule has 1 aliphatic rings. The van der Waals surface area contributed by atoms with Gasteiger partial charge in [0.1, 0.15) is 17.8 Å². The van der Waals surface area contributed by atoms with Crippen LogP contribution in [-0.2, 0) is 9.59 Å². The van der Waals surface area contributed by atoms with Crippen LogP contribution in [0.3, 0.4) is 0 Å². The predicted octanol–water partition coefficient (Wildman–Crippen LogP) is 2.63. The van der Waals surface area contributed by atoms with Crippen molar-refractivity contribution in [2.24, 2.45) is 0 Å². The van der Waals surface area contributed by atoms with Crippen molar-refractivity contribution >= 4 is 23.5 Å². The molecule has 30 heavy (non-hydrogen) atoms. The Bertz CT molecular complexity index is 1050. The van der Waals surface area contributed by atoms with Crippen LogP contribution < -0.4 is 20.1 Å². The minimum absolute atomic E-state index is 0.124. The first-order valence-electron chi connectivity index (χ1n) is 9.57. The molecule has 9 heteroatoms. The first-order chi connectivity index (χ1) is 14.6. The topological polar surface area (TPSA) is 107 Å². The molecule has 0 unspecified atom stereocenters. The maximum absolute atomic E-state index is 12.2. The molecule has 2 N–H and O–H groups in total. The number of nitrogens with one attached hydrogen (secondary N) is 2. The average Bonchev–Trinajstić information content (AvgIpc) is 3.22. The Labute approximate surface area is 173 Å². The number of fused-ring (bicyclic) bond motifs is 1. The molecule has 2 aromatic carbocycles. The molecule has 1 atom stereocenters. The number of benzene rings is 2. The number of carbonyl (C=O) groups excluding carboxylic acids is 2. The van der Waals surface area contributed by atoms with Crippen LogP contribution in [0.4, 0.5) is 11.6 Å². The fourth-order valence-corrected chi connectivity index (χ4v) is 3.22. The molecule has 4 rings (SSSR count). The van der Waals surface area contributed by atoms with Gasteiger partial charge in [-0.1, -0.05) is 12.1 Å². The molecule has 0 spiro atoms. The van der Waals surface area contributed by atoms with Crippen LogP contribution in [0, 0.1) is 0 Å². The van der Waals surface area contributed by atoms with Gasteiger partial charge < -0.3 is 14.8 Å². The number of hydrogen-bond acceptors (Lipinski definition) is 6. The maximum atomic E-state index is 12.2. The molecule has 0 radical (unpaired) electrons. The van der Waals surface area contributed by atoms with Crippen LogP contribution >= 0.6 is 0 Å². The van der Waals surface area contributed by atoms with Gasteiger partial charge in [0, 0.05) is 5.69 Å². The summed E-state index contributed by atoms with van der Waals surface area (Å²) in [7, 11) is 0. The lowest BCUT2D eigenvalue weighted by Crippen LogP contribution is -2.29. The highest BCUT2D eigenvalue weighted by Gasteiger charge is 2.27.